The van der Waals surface area contributed by atoms with Crippen LogP contribution in [0, 0.1) is 0 Å². The highest BCUT2D eigenvalue weighted by molar-refractivity contribution is 6.43. The summed E-state index contributed by atoms with van der Waals surface area (Å²) in [5, 5.41) is 0. The van der Waals surface area contributed by atoms with Gasteiger partial charge in [0.25, 0.3) is 0 Å². The largest absolute Gasteiger partial charge is 0.101 e. The first-order valence-electron chi connectivity index (χ1n) is 3.71. The number of benzene rings is 1. The highest BCUT2D eigenvalue weighted by atomic mass is 28.2. The van der Waals surface area contributed by atoms with Crippen LogP contribution in [-0.4, -0.2) is 9.52 Å². The highest BCUT2D eigenvalue weighted by Crippen LogP contribution is 2.13. The third kappa shape index (κ3) is 0.928. The van der Waals surface area contributed by atoms with Crippen LogP contribution in [-0.2, 0) is 6.04 Å². The van der Waals surface area contributed by atoms with Gasteiger partial charge >= 0.3 is 0 Å². The van der Waals surface area contributed by atoms with E-state index in [0.29, 0.717) is 0 Å². The molecule has 0 fully saturated rings. The van der Waals surface area contributed by atoms with E-state index in [2.05, 4.69) is 36.0 Å². The Hall–Kier alpha value is -0.823. The van der Waals surface area contributed by atoms with E-state index in [1.54, 1.807) is 5.56 Å². The molecule has 0 saturated heterocycles. The first-order valence-corrected chi connectivity index (χ1v) is 5.53. The third-order valence-electron chi connectivity index (χ3n) is 1.93. The van der Waals surface area contributed by atoms with Crippen LogP contribution in [0.5, 0.6) is 0 Å². The summed E-state index contributed by atoms with van der Waals surface area (Å²) in [5.41, 5.74) is 5.36. The van der Waals surface area contributed by atoms with Crippen molar-refractivity contribution in [1.29, 1.82) is 0 Å². The predicted molar refractivity (Wildman–Crippen MR) is 47.7 cm³/mol. The average Bonchev–Trinajstić information content (AvgIpc) is 2.05. The van der Waals surface area contributed by atoms with Crippen LogP contribution in [0.2, 0.25) is 0 Å². The van der Waals surface area contributed by atoms with Gasteiger partial charge in [-0.3, -0.25) is 0 Å². The summed E-state index contributed by atoms with van der Waals surface area (Å²) < 4.78 is 0. The fourth-order valence-electron chi connectivity index (χ4n) is 1.37. The van der Waals surface area contributed by atoms with E-state index in [9.17, 15) is 0 Å². The summed E-state index contributed by atoms with van der Waals surface area (Å²) in [5.74, 6) is 0. The monoisotopic (exact) mass is 146 g/mol. The minimum absolute atomic E-state index is 0.119. The van der Waals surface area contributed by atoms with Gasteiger partial charge in [0.15, 0.2) is 0 Å². The Morgan fingerprint density at radius 3 is 3.00 bits per heavy atom. The first kappa shape index (κ1) is 5.92. The van der Waals surface area contributed by atoms with Crippen LogP contribution in [0.4, 0.5) is 0 Å². The molecular weight excluding hydrogens is 136 g/mol. The maximum atomic E-state index is 2.38. The molecule has 0 bridgehead atoms. The fraction of sp³-hybridized carbons (Fsp3) is 0.111. The summed E-state index contributed by atoms with van der Waals surface area (Å²) in [6, 6.07) is 10.0. The molecule has 0 spiro atoms. The van der Waals surface area contributed by atoms with Crippen LogP contribution >= 0.6 is 0 Å². The molecule has 0 nitrogen and oxygen atoms in total. The third-order valence-corrected chi connectivity index (χ3v) is 3.33. The van der Waals surface area contributed by atoms with Crippen molar-refractivity contribution >= 4 is 15.6 Å². The van der Waals surface area contributed by atoms with Crippen molar-refractivity contribution in [2.75, 3.05) is 0 Å². The highest BCUT2D eigenvalue weighted by Gasteiger charge is 2.00. The zero-order valence-corrected chi connectivity index (χ0v) is 7.29. The Morgan fingerprint density at radius 2 is 2.10 bits per heavy atom. The minimum Gasteiger partial charge on any atom is -0.101 e. The molecule has 50 valence electrons. The second-order valence-electron chi connectivity index (χ2n) is 2.64. The Morgan fingerprint density at radius 1 is 1.20 bits per heavy atom. The van der Waals surface area contributed by atoms with E-state index >= 15 is 0 Å². The lowest BCUT2D eigenvalue weighted by atomic mass is 10.1. The quantitative estimate of drug-likeness (QED) is 0.485. The number of rotatable bonds is 0. The standard InChI is InChI=1S/C9H10Si/c1-2-4-9-7-10-6-5-8(9)3-1/h1-6H,7,10H2. The molecule has 0 radical (unpaired) electrons. The Bertz CT molecular complexity index is 263. The second kappa shape index (κ2) is 2.43. The van der Waals surface area contributed by atoms with Gasteiger partial charge in [-0.15, -0.1) is 5.70 Å². The summed E-state index contributed by atoms with van der Waals surface area (Å²) >= 11 is 0. The molecule has 2 rings (SSSR count). The summed E-state index contributed by atoms with van der Waals surface area (Å²) in [6.07, 6.45) is 2.27. The fourth-order valence-corrected chi connectivity index (χ4v) is 2.73. The molecule has 0 aromatic heterocycles. The van der Waals surface area contributed by atoms with E-state index in [4.69, 9.17) is 0 Å². The van der Waals surface area contributed by atoms with E-state index < -0.39 is 0 Å². The van der Waals surface area contributed by atoms with Crippen LogP contribution < -0.4 is 0 Å². The van der Waals surface area contributed by atoms with Crippen molar-refractivity contribution < 1.29 is 0 Å². The molecule has 0 atom stereocenters. The minimum atomic E-state index is 0.119. The normalized spacial score (nSPS) is 17.2. The number of hydrogen-bond acceptors (Lipinski definition) is 0. The number of fused-ring (bicyclic) bond motifs is 1. The average molecular weight is 146 g/mol. The molecule has 1 heterocycles. The lowest BCUT2D eigenvalue weighted by Crippen LogP contribution is -2.00. The lowest BCUT2D eigenvalue weighted by molar-refractivity contribution is 1.36. The molecule has 1 aliphatic rings. The molecule has 1 aliphatic heterocycles. The van der Waals surface area contributed by atoms with E-state index in [0.717, 1.165) is 0 Å². The molecule has 0 N–H and O–H groups in total. The summed E-state index contributed by atoms with van der Waals surface area (Å²) in [6.45, 7) is 0. The van der Waals surface area contributed by atoms with Gasteiger partial charge in [0.2, 0.25) is 0 Å². The van der Waals surface area contributed by atoms with Gasteiger partial charge in [-0.25, -0.2) is 0 Å². The number of hydrogen-bond donors (Lipinski definition) is 0. The molecule has 0 unspecified atom stereocenters. The summed E-state index contributed by atoms with van der Waals surface area (Å²) in [7, 11) is 0.119. The van der Waals surface area contributed by atoms with E-state index in [1.165, 1.54) is 11.6 Å². The maximum Gasteiger partial charge on any atom is 0.0498 e. The van der Waals surface area contributed by atoms with Crippen molar-refractivity contribution in [2.24, 2.45) is 0 Å². The second-order valence-corrected chi connectivity index (χ2v) is 4.19. The topological polar surface area (TPSA) is 0 Å². The van der Waals surface area contributed by atoms with Crippen molar-refractivity contribution in [2.45, 2.75) is 6.04 Å². The molecule has 0 saturated carbocycles. The van der Waals surface area contributed by atoms with Gasteiger partial charge in [-0.2, -0.15) is 0 Å². The Kier molecular flexibility index (Phi) is 1.44. The molecule has 10 heavy (non-hydrogen) atoms. The molecule has 0 aliphatic carbocycles. The SMILES string of the molecule is C1=Cc2ccccc2C[SiH2]1. The van der Waals surface area contributed by atoms with Gasteiger partial charge < -0.3 is 0 Å². The van der Waals surface area contributed by atoms with Crippen LogP contribution in [0.1, 0.15) is 11.1 Å². The summed E-state index contributed by atoms with van der Waals surface area (Å²) in [4.78, 5) is 0. The van der Waals surface area contributed by atoms with Gasteiger partial charge in [0, 0.05) is 9.52 Å². The predicted octanol–water partition coefficient (Wildman–Crippen LogP) is 1.34. The van der Waals surface area contributed by atoms with Crippen molar-refractivity contribution in [3.05, 3.63) is 41.1 Å². The van der Waals surface area contributed by atoms with Gasteiger partial charge in [0.05, 0.1) is 0 Å². The molecule has 1 aromatic rings. The zero-order valence-electron chi connectivity index (χ0n) is 5.88. The van der Waals surface area contributed by atoms with Crippen LogP contribution in [0.15, 0.2) is 30.0 Å². The van der Waals surface area contributed by atoms with Crippen LogP contribution in [0.3, 0.4) is 0 Å². The van der Waals surface area contributed by atoms with E-state index in [-0.39, 0.29) is 9.52 Å². The van der Waals surface area contributed by atoms with Crippen LogP contribution in [0.25, 0.3) is 6.08 Å². The first-order chi connectivity index (χ1) is 4.97. The Balaban J connectivity index is 2.54. The van der Waals surface area contributed by atoms with Crippen molar-refractivity contribution in [1.82, 2.24) is 0 Å². The van der Waals surface area contributed by atoms with E-state index in [1.807, 2.05) is 0 Å². The van der Waals surface area contributed by atoms with Gasteiger partial charge in [0.1, 0.15) is 0 Å². The maximum absolute atomic E-state index is 2.38. The lowest BCUT2D eigenvalue weighted by Gasteiger charge is -2.07. The van der Waals surface area contributed by atoms with Crippen molar-refractivity contribution in [3.63, 3.8) is 0 Å². The molecule has 0 amide bonds. The smallest absolute Gasteiger partial charge is 0.0498 e. The molecule has 1 aromatic carbocycles. The molecule has 1 heteroatoms. The molecular formula is C9H10Si. The zero-order chi connectivity index (χ0) is 6.81. The van der Waals surface area contributed by atoms with Gasteiger partial charge in [-0.05, 0) is 17.2 Å². The van der Waals surface area contributed by atoms with Gasteiger partial charge in [-0.1, -0.05) is 30.3 Å². The van der Waals surface area contributed by atoms with Crippen molar-refractivity contribution in [3.8, 4) is 0 Å². The Labute approximate surface area is 63.4 Å².